The lowest BCUT2D eigenvalue weighted by Gasteiger charge is -2.13. The zero-order valence-corrected chi connectivity index (χ0v) is 23.5. The lowest BCUT2D eigenvalue weighted by Crippen LogP contribution is -2.27. The number of thioether (sulfide) groups is 1. The Morgan fingerprint density at radius 3 is 2.42 bits per heavy atom. The summed E-state index contributed by atoms with van der Waals surface area (Å²) in [7, 11) is 0. The van der Waals surface area contributed by atoms with Crippen molar-refractivity contribution < 1.29 is 19.1 Å². The molecule has 1 aliphatic heterocycles. The zero-order valence-electron chi connectivity index (χ0n) is 19.5. The van der Waals surface area contributed by atoms with Crippen LogP contribution >= 0.6 is 43.6 Å². The molecule has 1 aliphatic rings. The first kappa shape index (κ1) is 26.2. The van der Waals surface area contributed by atoms with E-state index < -0.39 is 0 Å². The van der Waals surface area contributed by atoms with Gasteiger partial charge in [0.05, 0.1) is 17.1 Å². The molecule has 1 saturated heterocycles. The van der Waals surface area contributed by atoms with Crippen molar-refractivity contribution >= 4 is 72.4 Å². The first-order valence-corrected chi connectivity index (χ1v) is 13.4. The smallest absolute Gasteiger partial charge is 0.293 e. The van der Waals surface area contributed by atoms with Gasteiger partial charge in [-0.05, 0) is 100 Å². The third kappa shape index (κ3) is 6.27. The van der Waals surface area contributed by atoms with E-state index in [1.807, 2.05) is 50.2 Å². The van der Waals surface area contributed by atoms with Crippen molar-refractivity contribution in [2.45, 2.75) is 20.4 Å². The molecular weight excluding hydrogens is 608 g/mol. The van der Waals surface area contributed by atoms with Gasteiger partial charge in [-0.25, -0.2) is 0 Å². The topological polar surface area (TPSA) is 75.7 Å². The number of ether oxygens (including phenoxy) is 1. The number of benzene rings is 3. The van der Waals surface area contributed by atoms with E-state index in [2.05, 4.69) is 37.2 Å². The number of nitrogens with one attached hydrogen (secondary N) is 1. The second-order valence-electron chi connectivity index (χ2n) is 8.18. The number of halogens is 2. The van der Waals surface area contributed by atoms with E-state index in [1.165, 1.54) is 4.90 Å². The Morgan fingerprint density at radius 2 is 1.69 bits per heavy atom. The summed E-state index contributed by atoms with van der Waals surface area (Å²) in [5, 5.41) is 2.54. The lowest BCUT2D eigenvalue weighted by molar-refractivity contribution is -0.123. The van der Waals surface area contributed by atoms with Crippen molar-refractivity contribution in [2.75, 3.05) is 11.9 Å². The summed E-state index contributed by atoms with van der Waals surface area (Å²) in [6.45, 7) is 4.05. The van der Waals surface area contributed by atoms with E-state index >= 15 is 0 Å². The van der Waals surface area contributed by atoms with Crippen LogP contribution in [0.1, 0.15) is 22.3 Å². The Morgan fingerprint density at radius 1 is 1.00 bits per heavy atom. The van der Waals surface area contributed by atoms with Crippen LogP contribution < -0.4 is 10.1 Å². The van der Waals surface area contributed by atoms with Crippen molar-refractivity contribution in [3.8, 4) is 5.75 Å². The number of aryl methyl sites for hydroxylation is 2. The molecule has 1 heterocycles. The van der Waals surface area contributed by atoms with E-state index in [9.17, 15) is 14.4 Å². The quantitative estimate of drug-likeness (QED) is 0.283. The third-order valence-electron chi connectivity index (χ3n) is 5.57. The van der Waals surface area contributed by atoms with Gasteiger partial charge < -0.3 is 10.1 Å². The van der Waals surface area contributed by atoms with Crippen molar-refractivity contribution in [2.24, 2.45) is 0 Å². The van der Waals surface area contributed by atoms with Gasteiger partial charge in [0.1, 0.15) is 5.75 Å². The van der Waals surface area contributed by atoms with Gasteiger partial charge in [-0.3, -0.25) is 19.3 Å². The molecule has 9 heteroatoms. The molecule has 6 nitrogen and oxygen atoms in total. The number of nitrogens with zero attached hydrogens (tertiary/aromatic N) is 1. The fraction of sp³-hybridized carbons (Fsp3) is 0.148. The maximum atomic E-state index is 12.8. The van der Waals surface area contributed by atoms with Crippen LogP contribution in [0.2, 0.25) is 0 Å². The first-order chi connectivity index (χ1) is 17.2. The minimum Gasteiger partial charge on any atom is -0.484 e. The lowest BCUT2D eigenvalue weighted by atomic mass is 10.1. The molecule has 0 atom stereocenters. The molecular formula is C27H22Br2N2O4S. The second kappa shape index (κ2) is 11.5. The Labute approximate surface area is 230 Å². The van der Waals surface area contributed by atoms with E-state index in [4.69, 9.17) is 4.74 Å². The highest BCUT2D eigenvalue weighted by Gasteiger charge is 2.35. The molecule has 0 saturated carbocycles. The van der Waals surface area contributed by atoms with Gasteiger partial charge in [-0.1, -0.05) is 46.3 Å². The average Bonchev–Trinajstić information content (AvgIpc) is 3.10. The SMILES string of the molecule is Cc1cc(Br)c(NC(=O)COc2ccc(/C=C3/SC(=O)N(Cc4ccccc4Br)C3=O)cc2)cc1C. The molecule has 4 rings (SSSR count). The van der Waals surface area contributed by atoms with Crippen LogP contribution in [0.3, 0.4) is 0 Å². The van der Waals surface area contributed by atoms with Gasteiger partial charge in [-0.2, -0.15) is 0 Å². The van der Waals surface area contributed by atoms with Crippen LogP contribution in [0.4, 0.5) is 10.5 Å². The predicted octanol–water partition coefficient (Wildman–Crippen LogP) is 7.08. The number of carbonyl (C=O) groups excluding carboxylic acids is 3. The number of carbonyl (C=O) groups is 3. The molecule has 184 valence electrons. The Bertz CT molecular complexity index is 1370. The van der Waals surface area contributed by atoms with Gasteiger partial charge >= 0.3 is 0 Å². The van der Waals surface area contributed by atoms with Crippen LogP contribution in [0.5, 0.6) is 5.75 Å². The normalized spacial score (nSPS) is 14.4. The highest BCUT2D eigenvalue weighted by Crippen LogP contribution is 2.34. The molecule has 36 heavy (non-hydrogen) atoms. The molecule has 0 aromatic heterocycles. The molecule has 3 aromatic rings. The molecule has 0 radical (unpaired) electrons. The first-order valence-electron chi connectivity index (χ1n) is 11.0. The second-order valence-corrected chi connectivity index (χ2v) is 10.9. The van der Waals surface area contributed by atoms with Gasteiger partial charge in [0.2, 0.25) is 0 Å². The number of imide groups is 1. The van der Waals surface area contributed by atoms with E-state index in [0.29, 0.717) is 16.3 Å². The van der Waals surface area contributed by atoms with Crippen LogP contribution in [-0.4, -0.2) is 28.6 Å². The highest BCUT2D eigenvalue weighted by molar-refractivity contribution is 9.11. The maximum Gasteiger partial charge on any atom is 0.293 e. The van der Waals surface area contributed by atoms with Crippen molar-refractivity contribution in [1.82, 2.24) is 4.90 Å². The maximum absolute atomic E-state index is 12.8. The summed E-state index contributed by atoms with van der Waals surface area (Å²) in [5.41, 5.74) is 4.50. The standard InChI is InChI=1S/C27H22Br2N2O4S/c1-16-11-22(29)23(12-17(16)2)30-25(32)15-35-20-9-7-18(8-10-20)13-24-26(33)31(27(34)36-24)14-19-5-3-4-6-21(19)28/h3-13H,14-15H2,1-2H3,(H,30,32)/b24-13+. The summed E-state index contributed by atoms with van der Waals surface area (Å²) >= 11 is 7.84. The molecule has 3 aromatic carbocycles. The number of rotatable bonds is 7. The van der Waals surface area contributed by atoms with Gasteiger partial charge in [0.15, 0.2) is 6.61 Å². The van der Waals surface area contributed by atoms with Crippen molar-refractivity contribution in [1.29, 1.82) is 0 Å². The molecule has 1 fully saturated rings. The van der Waals surface area contributed by atoms with E-state index in [-0.39, 0.29) is 30.2 Å². The zero-order chi connectivity index (χ0) is 25.8. The number of anilines is 1. The fourth-order valence-corrected chi connectivity index (χ4v) is 5.26. The van der Waals surface area contributed by atoms with Gasteiger partial charge in [-0.15, -0.1) is 0 Å². The summed E-state index contributed by atoms with van der Waals surface area (Å²) < 4.78 is 7.26. The average molecular weight is 630 g/mol. The van der Waals surface area contributed by atoms with Crippen molar-refractivity contribution in [3.63, 3.8) is 0 Å². The Kier molecular flexibility index (Phi) is 8.33. The largest absolute Gasteiger partial charge is 0.484 e. The summed E-state index contributed by atoms with van der Waals surface area (Å²) in [4.78, 5) is 39.2. The van der Waals surface area contributed by atoms with E-state index in [0.717, 1.165) is 43.0 Å². The van der Waals surface area contributed by atoms with Gasteiger partial charge in [0.25, 0.3) is 17.1 Å². The molecule has 1 N–H and O–H groups in total. The minimum absolute atomic E-state index is 0.146. The Hall–Kier alpha value is -2.88. The van der Waals surface area contributed by atoms with E-state index in [1.54, 1.807) is 30.3 Å². The highest BCUT2D eigenvalue weighted by atomic mass is 79.9. The van der Waals surface area contributed by atoms with Crippen LogP contribution in [-0.2, 0) is 16.1 Å². The molecule has 3 amide bonds. The number of hydrogen-bond donors (Lipinski definition) is 1. The summed E-state index contributed by atoms with van der Waals surface area (Å²) in [6.07, 6.45) is 1.68. The third-order valence-corrected chi connectivity index (χ3v) is 7.90. The van der Waals surface area contributed by atoms with Gasteiger partial charge in [0, 0.05) is 8.95 Å². The number of amides is 3. The molecule has 0 aliphatic carbocycles. The van der Waals surface area contributed by atoms with Crippen LogP contribution in [0.25, 0.3) is 6.08 Å². The fourth-order valence-electron chi connectivity index (χ4n) is 3.46. The monoisotopic (exact) mass is 628 g/mol. The molecule has 0 unspecified atom stereocenters. The van der Waals surface area contributed by atoms with Crippen molar-refractivity contribution in [3.05, 3.63) is 96.8 Å². The van der Waals surface area contributed by atoms with Crippen LogP contribution in [0, 0.1) is 13.8 Å². The molecule has 0 spiro atoms. The Balaban J connectivity index is 1.35. The summed E-state index contributed by atoms with van der Waals surface area (Å²) in [5.74, 6) is -0.0829. The molecule has 0 bridgehead atoms. The predicted molar refractivity (Wildman–Crippen MR) is 150 cm³/mol. The minimum atomic E-state index is -0.324. The summed E-state index contributed by atoms with van der Waals surface area (Å²) in [6, 6.07) is 18.3. The number of hydrogen-bond acceptors (Lipinski definition) is 5. The van der Waals surface area contributed by atoms with Crippen LogP contribution in [0.15, 0.2) is 74.5 Å².